The zero-order valence-corrected chi connectivity index (χ0v) is 16.4. The third-order valence-corrected chi connectivity index (χ3v) is 6.56. The van der Waals surface area contributed by atoms with E-state index in [9.17, 15) is 9.59 Å². The summed E-state index contributed by atoms with van der Waals surface area (Å²) < 4.78 is 5.53. The van der Waals surface area contributed by atoms with Crippen LogP contribution in [-0.4, -0.2) is 11.8 Å². The lowest BCUT2D eigenvalue weighted by Gasteiger charge is -2.54. The van der Waals surface area contributed by atoms with Gasteiger partial charge in [-0.15, -0.1) is 0 Å². The molecule has 2 atom stereocenters. The van der Waals surface area contributed by atoms with Gasteiger partial charge in [0.25, 0.3) is 0 Å². The molecule has 3 nitrogen and oxygen atoms in total. The van der Waals surface area contributed by atoms with Crippen molar-refractivity contribution in [3.8, 4) is 5.75 Å². The minimum Gasteiger partial charge on any atom is -0.426 e. The van der Waals surface area contributed by atoms with Gasteiger partial charge in [-0.05, 0) is 58.8 Å². The molecule has 1 saturated carbocycles. The highest BCUT2D eigenvalue weighted by molar-refractivity contribution is 6.00. The molecule has 0 spiro atoms. The molecule has 1 fully saturated rings. The number of hydrogen-bond donors (Lipinski definition) is 0. The largest absolute Gasteiger partial charge is 0.426 e. The van der Waals surface area contributed by atoms with Crippen LogP contribution in [0, 0.1) is 11.3 Å². The number of ketones is 1. The van der Waals surface area contributed by atoms with Crippen molar-refractivity contribution in [2.24, 2.45) is 11.3 Å². The molecule has 0 aliphatic heterocycles. The summed E-state index contributed by atoms with van der Waals surface area (Å²) in [5.74, 6) is 1.09. The molecule has 25 heavy (non-hydrogen) atoms. The van der Waals surface area contributed by atoms with Crippen molar-refractivity contribution in [2.75, 3.05) is 0 Å². The molecule has 3 heteroatoms. The van der Waals surface area contributed by atoms with E-state index >= 15 is 0 Å². The number of carbonyl (C=O) groups excluding carboxylic acids is 2. The Labute approximate surface area is 151 Å². The first-order chi connectivity index (χ1) is 11.6. The van der Waals surface area contributed by atoms with Crippen LogP contribution in [0.25, 0.3) is 0 Å². The highest BCUT2D eigenvalue weighted by atomic mass is 16.5. The highest BCUT2D eigenvalue weighted by Gasteiger charge is 2.52. The predicted molar refractivity (Wildman–Crippen MR) is 99.3 cm³/mol. The fourth-order valence-electron chi connectivity index (χ4n) is 5.24. The van der Waals surface area contributed by atoms with Crippen molar-refractivity contribution in [3.05, 3.63) is 28.8 Å². The molecule has 0 amide bonds. The molecular formula is C22H30O3. The van der Waals surface area contributed by atoms with E-state index in [2.05, 4.69) is 34.6 Å². The second-order valence-electron chi connectivity index (χ2n) is 9.12. The number of ether oxygens (including phenoxy) is 1. The van der Waals surface area contributed by atoms with E-state index in [1.54, 1.807) is 0 Å². The Balaban J connectivity index is 2.21. The number of esters is 1. The van der Waals surface area contributed by atoms with Gasteiger partial charge in [-0.3, -0.25) is 9.59 Å². The summed E-state index contributed by atoms with van der Waals surface area (Å²) in [6.07, 6.45) is 4.04. The number of rotatable bonds is 2. The molecule has 3 rings (SSSR count). The Hall–Kier alpha value is -1.64. The zero-order valence-electron chi connectivity index (χ0n) is 16.4. The third kappa shape index (κ3) is 2.92. The molecule has 1 aromatic rings. The molecule has 0 unspecified atom stereocenters. The molecule has 0 bridgehead atoms. The van der Waals surface area contributed by atoms with Crippen LogP contribution in [0.1, 0.15) is 94.6 Å². The third-order valence-electron chi connectivity index (χ3n) is 6.56. The second kappa shape index (κ2) is 5.96. The lowest BCUT2D eigenvalue weighted by Crippen LogP contribution is -2.49. The Morgan fingerprint density at radius 1 is 1.20 bits per heavy atom. The van der Waals surface area contributed by atoms with Crippen LogP contribution in [0.5, 0.6) is 5.75 Å². The summed E-state index contributed by atoms with van der Waals surface area (Å²) in [5, 5.41) is 0. The Bertz CT molecular complexity index is 729. The van der Waals surface area contributed by atoms with Gasteiger partial charge in [-0.25, -0.2) is 0 Å². The van der Waals surface area contributed by atoms with Crippen molar-refractivity contribution in [2.45, 2.75) is 78.6 Å². The van der Waals surface area contributed by atoms with E-state index in [-0.39, 0.29) is 28.5 Å². The van der Waals surface area contributed by atoms with E-state index in [0.29, 0.717) is 18.1 Å². The van der Waals surface area contributed by atoms with Crippen molar-refractivity contribution in [1.82, 2.24) is 0 Å². The normalized spacial score (nSPS) is 27.6. The van der Waals surface area contributed by atoms with E-state index in [4.69, 9.17) is 4.74 Å². The van der Waals surface area contributed by atoms with Crippen LogP contribution in [0.4, 0.5) is 0 Å². The molecule has 136 valence electrons. The van der Waals surface area contributed by atoms with Gasteiger partial charge in [0.05, 0.1) is 0 Å². The standard InChI is InChI=1S/C22H30O3/c1-13(2)15-10-16-17(11-19(15)25-14(3)23)22(6)9-7-8-21(4,5)20(22)12-18(16)24/h10-11,13,20H,7-9,12H2,1-6H3/t20-,22+/m0/s1. The van der Waals surface area contributed by atoms with E-state index in [0.717, 1.165) is 29.5 Å². The first kappa shape index (κ1) is 18.2. The van der Waals surface area contributed by atoms with Gasteiger partial charge < -0.3 is 4.74 Å². The topological polar surface area (TPSA) is 43.4 Å². The molecule has 1 aromatic carbocycles. The predicted octanol–water partition coefficient (Wildman–Crippen LogP) is 5.41. The summed E-state index contributed by atoms with van der Waals surface area (Å²) in [4.78, 5) is 24.6. The average Bonchev–Trinajstić information content (AvgIpc) is 2.48. The van der Waals surface area contributed by atoms with Crippen LogP contribution in [-0.2, 0) is 10.2 Å². The maximum Gasteiger partial charge on any atom is 0.308 e. The SMILES string of the molecule is CC(=O)Oc1cc2c(cc1C(C)C)C(=O)C[C@H]1C(C)(C)CCC[C@]21C. The van der Waals surface area contributed by atoms with E-state index in [1.165, 1.54) is 13.3 Å². The summed E-state index contributed by atoms with van der Waals surface area (Å²) in [5.41, 5.74) is 2.99. The maximum atomic E-state index is 13.0. The molecular weight excluding hydrogens is 312 g/mol. The Morgan fingerprint density at radius 2 is 1.88 bits per heavy atom. The van der Waals surface area contributed by atoms with Gasteiger partial charge in [-0.1, -0.05) is 41.0 Å². The van der Waals surface area contributed by atoms with Crippen molar-refractivity contribution in [1.29, 1.82) is 0 Å². The fraction of sp³-hybridized carbons (Fsp3) is 0.636. The monoisotopic (exact) mass is 342 g/mol. The van der Waals surface area contributed by atoms with Gasteiger partial charge in [0.1, 0.15) is 5.75 Å². The molecule has 0 N–H and O–H groups in total. The van der Waals surface area contributed by atoms with Crippen LogP contribution in [0.3, 0.4) is 0 Å². The lowest BCUT2D eigenvalue weighted by atomic mass is 9.50. The Morgan fingerprint density at radius 3 is 2.48 bits per heavy atom. The average molecular weight is 342 g/mol. The summed E-state index contributed by atoms with van der Waals surface area (Å²) >= 11 is 0. The molecule has 0 saturated heterocycles. The van der Waals surface area contributed by atoms with Crippen molar-refractivity contribution in [3.63, 3.8) is 0 Å². The van der Waals surface area contributed by atoms with Crippen LogP contribution in [0.2, 0.25) is 0 Å². The summed E-state index contributed by atoms with van der Waals surface area (Å²) in [7, 11) is 0. The van der Waals surface area contributed by atoms with Gasteiger partial charge in [0, 0.05) is 18.9 Å². The lowest BCUT2D eigenvalue weighted by molar-refractivity contribution is -0.131. The first-order valence-electron chi connectivity index (χ1n) is 9.46. The minimum absolute atomic E-state index is 0.0323. The number of fused-ring (bicyclic) bond motifs is 3. The fourth-order valence-corrected chi connectivity index (χ4v) is 5.24. The van der Waals surface area contributed by atoms with E-state index < -0.39 is 0 Å². The van der Waals surface area contributed by atoms with Gasteiger partial charge in [0.2, 0.25) is 0 Å². The van der Waals surface area contributed by atoms with Crippen LogP contribution >= 0.6 is 0 Å². The van der Waals surface area contributed by atoms with Crippen molar-refractivity contribution >= 4 is 11.8 Å². The summed E-state index contributed by atoms with van der Waals surface area (Å²) in [6.45, 7) is 12.5. The Kier molecular flexibility index (Phi) is 4.33. The number of Topliss-reactive ketones (excluding diaryl/α,β-unsaturated/α-hetero) is 1. The highest BCUT2D eigenvalue weighted by Crippen LogP contribution is 2.57. The number of hydrogen-bond acceptors (Lipinski definition) is 3. The quantitative estimate of drug-likeness (QED) is 0.533. The molecule has 2 aliphatic carbocycles. The van der Waals surface area contributed by atoms with E-state index in [1.807, 2.05) is 12.1 Å². The maximum absolute atomic E-state index is 13.0. The van der Waals surface area contributed by atoms with Crippen molar-refractivity contribution < 1.29 is 14.3 Å². The number of carbonyl (C=O) groups is 2. The smallest absolute Gasteiger partial charge is 0.308 e. The molecule has 0 radical (unpaired) electrons. The zero-order chi connectivity index (χ0) is 18.6. The molecule has 0 heterocycles. The number of benzene rings is 1. The van der Waals surface area contributed by atoms with Crippen LogP contribution in [0.15, 0.2) is 12.1 Å². The van der Waals surface area contributed by atoms with Crippen LogP contribution < -0.4 is 4.74 Å². The second-order valence-corrected chi connectivity index (χ2v) is 9.12. The summed E-state index contributed by atoms with van der Waals surface area (Å²) in [6, 6.07) is 3.99. The molecule has 2 aliphatic rings. The van der Waals surface area contributed by atoms with Gasteiger partial charge in [-0.2, -0.15) is 0 Å². The van der Waals surface area contributed by atoms with Gasteiger partial charge >= 0.3 is 5.97 Å². The van der Waals surface area contributed by atoms with Gasteiger partial charge in [0.15, 0.2) is 5.78 Å². The minimum atomic E-state index is -0.310. The first-order valence-corrected chi connectivity index (χ1v) is 9.46. The molecule has 0 aromatic heterocycles.